The highest BCUT2D eigenvalue weighted by atomic mass is 15.4. The van der Waals surface area contributed by atoms with Gasteiger partial charge in [-0.2, -0.15) is 0 Å². The van der Waals surface area contributed by atoms with Crippen molar-refractivity contribution >= 4 is 28.2 Å². The Morgan fingerprint density at radius 2 is 1.56 bits per heavy atom. The Labute approximate surface area is 256 Å². The van der Waals surface area contributed by atoms with Gasteiger partial charge >= 0.3 is 0 Å². The first-order chi connectivity index (χ1) is 20.8. The van der Waals surface area contributed by atoms with Crippen molar-refractivity contribution in [3.05, 3.63) is 119 Å². The van der Waals surface area contributed by atoms with Crippen LogP contribution in [0, 0.1) is 0 Å². The average molecular weight is 567 g/mol. The van der Waals surface area contributed by atoms with Crippen LogP contribution in [0.15, 0.2) is 91.4 Å². The summed E-state index contributed by atoms with van der Waals surface area (Å²) in [5, 5.41) is 2.56. The molecule has 3 heterocycles. The lowest BCUT2D eigenvalue weighted by atomic mass is 9.86. The predicted molar refractivity (Wildman–Crippen MR) is 181 cm³/mol. The Morgan fingerprint density at radius 3 is 2.28 bits per heavy atom. The predicted octanol–water partition coefficient (Wildman–Crippen LogP) is 9.85. The smallest absolute Gasteiger partial charge is 0.145 e. The van der Waals surface area contributed by atoms with Crippen molar-refractivity contribution in [2.45, 2.75) is 71.8 Å². The van der Waals surface area contributed by atoms with Crippen LogP contribution in [0.4, 0.5) is 5.69 Å². The maximum absolute atomic E-state index is 5.20. The zero-order valence-corrected chi connectivity index (χ0v) is 26.3. The quantitative estimate of drug-likeness (QED) is 0.204. The van der Waals surface area contributed by atoms with Gasteiger partial charge in [-0.25, -0.2) is 4.98 Å². The molecule has 0 bridgehead atoms. The van der Waals surface area contributed by atoms with Crippen LogP contribution in [0.3, 0.4) is 0 Å². The molecular weight excluding hydrogens is 524 g/mol. The molecule has 0 N–H and O–H groups in total. The minimum absolute atomic E-state index is 0.203. The van der Waals surface area contributed by atoms with Crippen LogP contribution in [0.1, 0.15) is 87.7 Å². The second-order valence-electron chi connectivity index (χ2n) is 13.3. The van der Waals surface area contributed by atoms with Crippen LogP contribution in [0.5, 0.6) is 0 Å². The minimum Gasteiger partial charge on any atom is -0.349 e. The molecule has 0 radical (unpaired) electrons. The van der Waals surface area contributed by atoms with Crippen LogP contribution in [0.2, 0.25) is 0 Å². The maximum Gasteiger partial charge on any atom is 0.145 e. The number of para-hydroxylation sites is 1. The molecule has 0 unspecified atom stereocenters. The summed E-state index contributed by atoms with van der Waals surface area (Å²) in [5.74, 6) is 0.838. The molecule has 0 amide bonds. The molecule has 0 fully saturated rings. The van der Waals surface area contributed by atoms with Crippen molar-refractivity contribution < 1.29 is 0 Å². The first-order valence-electron chi connectivity index (χ1n) is 15.8. The third-order valence-electron chi connectivity index (χ3n) is 9.61. The molecule has 1 aliphatic heterocycles. The molecular formula is C39H42N4. The van der Waals surface area contributed by atoms with Crippen molar-refractivity contribution in [1.29, 1.82) is 0 Å². The van der Waals surface area contributed by atoms with Gasteiger partial charge in [0.2, 0.25) is 0 Å². The fourth-order valence-electron chi connectivity index (χ4n) is 7.05. The summed E-state index contributed by atoms with van der Waals surface area (Å²) in [6, 6.07) is 24.6. The molecule has 2 aliphatic rings. The highest BCUT2D eigenvalue weighted by Gasteiger charge is 2.32. The monoisotopic (exact) mass is 566 g/mol. The van der Waals surface area contributed by atoms with Gasteiger partial charge in [0.15, 0.2) is 0 Å². The van der Waals surface area contributed by atoms with E-state index in [1.807, 2.05) is 0 Å². The van der Waals surface area contributed by atoms with Crippen molar-refractivity contribution in [2.24, 2.45) is 0 Å². The summed E-state index contributed by atoms with van der Waals surface area (Å²) in [6.45, 7) is 14.7. The lowest BCUT2D eigenvalue weighted by molar-refractivity contribution is 0.202. The number of imidazole rings is 1. The van der Waals surface area contributed by atoms with Crippen LogP contribution in [-0.4, -0.2) is 21.0 Å². The second-order valence-corrected chi connectivity index (χ2v) is 13.3. The number of hydrogen-bond acceptors (Lipinski definition) is 3. The van der Waals surface area contributed by atoms with E-state index in [0.29, 0.717) is 11.8 Å². The summed E-state index contributed by atoms with van der Waals surface area (Å²) >= 11 is 0. The third-order valence-corrected chi connectivity index (χ3v) is 9.61. The molecule has 4 heteroatoms. The van der Waals surface area contributed by atoms with Gasteiger partial charge in [0, 0.05) is 29.0 Å². The van der Waals surface area contributed by atoms with Crippen LogP contribution >= 0.6 is 0 Å². The van der Waals surface area contributed by atoms with Crippen LogP contribution in [0.25, 0.3) is 33.8 Å². The van der Waals surface area contributed by atoms with Crippen molar-refractivity contribution in [1.82, 2.24) is 14.3 Å². The highest BCUT2D eigenvalue weighted by molar-refractivity contribution is 6.00. The van der Waals surface area contributed by atoms with Gasteiger partial charge in [-0.15, -0.1) is 0 Å². The molecule has 218 valence electrons. The Hall–Kier alpha value is -4.31. The first kappa shape index (κ1) is 27.5. The lowest BCUT2D eigenvalue weighted by Crippen LogP contribution is -2.39. The lowest BCUT2D eigenvalue weighted by Gasteiger charge is -2.37. The van der Waals surface area contributed by atoms with Crippen LogP contribution < -0.4 is 4.90 Å². The summed E-state index contributed by atoms with van der Waals surface area (Å²) in [4.78, 5) is 9.94. The molecule has 0 saturated heterocycles. The highest BCUT2D eigenvalue weighted by Crippen LogP contribution is 2.41. The van der Waals surface area contributed by atoms with E-state index in [9.17, 15) is 0 Å². The third kappa shape index (κ3) is 4.47. The maximum atomic E-state index is 5.20. The van der Waals surface area contributed by atoms with Gasteiger partial charge in [-0.1, -0.05) is 82.3 Å². The van der Waals surface area contributed by atoms with E-state index in [1.54, 1.807) is 0 Å². The number of fused-ring (bicyclic) bond motifs is 6. The molecule has 0 saturated carbocycles. The van der Waals surface area contributed by atoms with E-state index in [1.165, 1.54) is 55.7 Å². The van der Waals surface area contributed by atoms with E-state index in [2.05, 4.69) is 153 Å². The molecule has 43 heavy (non-hydrogen) atoms. The molecule has 5 aromatic rings. The van der Waals surface area contributed by atoms with E-state index in [0.717, 1.165) is 25.2 Å². The summed E-state index contributed by atoms with van der Waals surface area (Å²) in [6.07, 6.45) is 13.3. The molecule has 3 aromatic carbocycles. The number of anilines is 1. The average Bonchev–Trinajstić information content (AvgIpc) is 3.70. The number of aromatic nitrogens is 2. The summed E-state index contributed by atoms with van der Waals surface area (Å²) < 4.78 is 2.46. The topological polar surface area (TPSA) is 23.8 Å². The van der Waals surface area contributed by atoms with Crippen molar-refractivity contribution in [2.75, 3.05) is 11.6 Å². The fraction of sp³-hybridized carbons (Fsp3) is 0.308. The van der Waals surface area contributed by atoms with Gasteiger partial charge in [-0.05, 0) is 90.4 Å². The molecule has 2 aromatic heterocycles. The molecule has 1 aliphatic carbocycles. The van der Waals surface area contributed by atoms with Gasteiger partial charge in [-0.3, -0.25) is 4.40 Å². The first-order valence-corrected chi connectivity index (χ1v) is 15.8. The minimum atomic E-state index is -0.203. The Bertz CT molecular complexity index is 1860. The van der Waals surface area contributed by atoms with Crippen molar-refractivity contribution in [3.63, 3.8) is 0 Å². The Kier molecular flexibility index (Phi) is 6.69. The second kappa shape index (κ2) is 10.4. The zero-order chi connectivity index (χ0) is 29.9. The SMILES string of the molecule is CC(C)c1cccc(C(C)C)c1-c1cnc2c3cc(C(C)(C)N4C=CN(c5ccccc5)C4)ccc3c3c(n12)C=CCC3. The van der Waals surface area contributed by atoms with E-state index in [4.69, 9.17) is 4.98 Å². The Morgan fingerprint density at radius 1 is 0.814 bits per heavy atom. The number of benzene rings is 3. The summed E-state index contributed by atoms with van der Waals surface area (Å²) in [7, 11) is 0. The standard InChI is InChI=1S/C39H42N4/c1-26(2)30-16-12-17-31(27(3)4)37(30)36-24-40-38-34-23-28(19-20-32(34)33-15-10-11-18-35(33)43(36)38)39(5,6)42-22-21-41(25-42)29-13-8-7-9-14-29/h7-9,11-14,16-24,26-27H,10,15,25H2,1-6H3. The molecule has 4 nitrogen and oxygen atoms in total. The number of aryl methyl sites for hydroxylation is 1. The molecule has 7 rings (SSSR count). The number of nitrogens with zero attached hydrogens (tertiary/aromatic N) is 4. The summed E-state index contributed by atoms with van der Waals surface area (Å²) in [5.41, 5.74) is 11.4. The van der Waals surface area contributed by atoms with Gasteiger partial charge in [0.05, 0.1) is 29.8 Å². The molecule has 0 spiro atoms. The zero-order valence-electron chi connectivity index (χ0n) is 26.3. The fourth-order valence-corrected chi connectivity index (χ4v) is 7.05. The van der Waals surface area contributed by atoms with Gasteiger partial charge in [0.1, 0.15) is 5.65 Å². The van der Waals surface area contributed by atoms with Crippen molar-refractivity contribution in [3.8, 4) is 11.3 Å². The normalized spacial score (nSPS) is 15.1. The van der Waals surface area contributed by atoms with E-state index >= 15 is 0 Å². The number of allylic oxidation sites excluding steroid dienone is 1. The number of pyridine rings is 1. The number of rotatable bonds is 6. The van der Waals surface area contributed by atoms with E-state index in [-0.39, 0.29) is 5.54 Å². The van der Waals surface area contributed by atoms with Gasteiger partial charge < -0.3 is 9.80 Å². The van der Waals surface area contributed by atoms with Crippen LogP contribution in [-0.2, 0) is 12.0 Å². The molecule has 0 atom stereocenters. The van der Waals surface area contributed by atoms with Gasteiger partial charge in [0.25, 0.3) is 0 Å². The largest absolute Gasteiger partial charge is 0.349 e. The number of hydrogen-bond donors (Lipinski definition) is 0. The van der Waals surface area contributed by atoms with E-state index < -0.39 is 0 Å². The Balaban J connectivity index is 1.41.